The van der Waals surface area contributed by atoms with Crippen LogP contribution >= 0.6 is 37.9 Å². The molecule has 0 fully saturated rings. The summed E-state index contributed by atoms with van der Waals surface area (Å²) in [5.41, 5.74) is 0. The van der Waals surface area contributed by atoms with Gasteiger partial charge in [0.2, 0.25) is 0 Å². The van der Waals surface area contributed by atoms with Gasteiger partial charge in [-0.1, -0.05) is 0 Å². The molecular formula is C17H32O6S3Sn. The van der Waals surface area contributed by atoms with Crippen molar-refractivity contribution in [2.45, 2.75) is 86.4 Å². The Morgan fingerprint density at radius 1 is 0.704 bits per heavy atom. The van der Waals surface area contributed by atoms with Crippen LogP contribution in [0.15, 0.2) is 0 Å². The van der Waals surface area contributed by atoms with E-state index in [2.05, 4.69) is 44.8 Å². The van der Waals surface area contributed by atoms with Gasteiger partial charge in [0.05, 0.1) is 17.9 Å². The third-order valence-electron chi connectivity index (χ3n) is 2.55. The van der Waals surface area contributed by atoms with Crippen molar-refractivity contribution < 1.29 is 29.7 Å². The molecular weight excluding hydrogens is 515 g/mol. The maximum atomic E-state index is 9.51. The number of rotatable bonds is 9. The van der Waals surface area contributed by atoms with Gasteiger partial charge in [0.1, 0.15) is 0 Å². The molecule has 0 radical (unpaired) electrons. The van der Waals surface area contributed by atoms with E-state index in [-0.39, 0.29) is 0 Å². The van der Waals surface area contributed by atoms with E-state index in [1.54, 1.807) is 22.5 Å². The zero-order valence-corrected chi connectivity index (χ0v) is 22.0. The van der Waals surface area contributed by atoms with Gasteiger partial charge in [0, 0.05) is 15.7 Å². The summed E-state index contributed by atoms with van der Waals surface area (Å²) >= 11 is 12.3. The molecule has 0 N–H and O–H groups in total. The molecule has 0 aliphatic heterocycles. The second kappa shape index (κ2) is 26.3. The normalized spacial score (nSPS) is 12.5. The molecule has 0 saturated carbocycles. The van der Waals surface area contributed by atoms with Crippen molar-refractivity contribution in [1.82, 2.24) is 0 Å². The van der Waals surface area contributed by atoms with Gasteiger partial charge in [-0.05, 0) is 20.8 Å². The van der Waals surface area contributed by atoms with Crippen LogP contribution in [0.5, 0.6) is 0 Å². The number of thiol groups is 3. The van der Waals surface area contributed by atoms with Crippen molar-refractivity contribution >= 4 is 78.3 Å². The number of carbonyl (C=O) groups is 3. The van der Waals surface area contributed by atoms with E-state index < -0.39 is 33.7 Å². The fourth-order valence-corrected chi connectivity index (χ4v) is 1.62. The van der Waals surface area contributed by atoms with Crippen LogP contribution in [0, 0.1) is 0 Å². The zero-order valence-electron chi connectivity index (χ0n) is 16.5. The number of carboxylic acids is 3. The number of unbranched alkanes of at least 4 members (excludes halogenated alkanes) is 5. The summed E-state index contributed by atoms with van der Waals surface area (Å²) in [7, 11) is 0. The molecule has 0 amide bonds. The Morgan fingerprint density at radius 3 is 1.11 bits per heavy atom. The average molecular weight is 547 g/mol. The van der Waals surface area contributed by atoms with Crippen LogP contribution in [0.25, 0.3) is 0 Å². The van der Waals surface area contributed by atoms with Gasteiger partial charge in [-0.15, -0.1) is 0 Å². The third kappa shape index (κ3) is 46.4. The molecule has 3 unspecified atom stereocenters. The summed E-state index contributed by atoms with van der Waals surface area (Å²) in [6.07, 6.45) is 8.71. The third-order valence-corrected chi connectivity index (χ3v) is 4.20. The first kappa shape index (κ1) is 34.7. The minimum atomic E-state index is -1.13. The molecule has 0 aromatic rings. The molecule has 6 nitrogen and oxygen atoms in total. The molecule has 27 heavy (non-hydrogen) atoms. The van der Waals surface area contributed by atoms with E-state index in [4.69, 9.17) is 0 Å². The topological polar surface area (TPSA) is 120 Å². The molecule has 0 saturated heterocycles. The summed E-state index contributed by atoms with van der Waals surface area (Å²) in [5.74, 6) is -3.38. The number of hydrogen-bond donors (Lipinski definition) is 3. The van der Waals surface area contributed by atoms with Gasteiger partial charge < -0.3 is 29.7 Å². The fraction of sp³-hybridized carbons (Fsp3) is 0.824. The second-order valence-corrected chi connectivity index (χ2v) is 9.25. The van der Waals surface area contributed by atoms with Gasteiger partial charge in [-0.2, -0.15) is 37.9 Å². The first-order valence-electron chi connectivity index (χ1n) is 8.66. The van der Waals surface area contributed by atoms with Crippen molar-refractivity contribution in [3.8, 4) is 0 Å². The standard InChI is InChI=1S/C8H17.3C3H6O2S.Sn/c1-3-5-7-8-6-4-2;3*1-2(6)3(4)5;/h1,3-8H2,2H3;3*2,6H,1H3,(H,4,5);/q;;;;+3/p-3. The molecule has 0 rings (SSSR count). The Balaban J connectivity index is -0.000000133. The fourth-order valence-electron chi connectivity index (χ4n) is 0.905. The number of aliphatic carboxylic acids is 3. The summed E-state index contributed by atoms with van der Waals surface area (Å²) in [6, 6.07) is 0. The van der Waals surface area contributed by atoms with Gasteiger partial charge in [-0.25, -0.2) is 0 Å². The molecule has 0 aliphatic carbocycles. The van der Waals surface area contributed by atoms with Gasteiger partial charge >= 0.3 is 72.4 Å². The Morgan fingerprint density at radius 2 is 0.926 bits per heavy atom. The molecule has 0 aromatic carbocycles. The molecule has 10 heteroatoms. The Labute approximate surface area is 193 Å². The maximum absolute atomic E-state index is 9.51. The zero-order chi connectivity index (χ0) is 22.4. The van der Waals surface area contributed by atoms with Gasteiger partial charge in [-0.3, -0.25) is 0 Å². The van der Waals surface area contributed by atoms with Crippen LogP contribution < -0.4 is 15.3 Å². The van der Waals surface area contributed by atoms with Crippen molar-refractivity contribution in [3.63, 3.8) is 0 Å². The quantitative estimate of drug-likeness (QED) is 0.214. The Hall–Kier alpha value is 0.259. The van der Waals surface area contributed by atoms with E-state index in [9.17, 15) is 29.7 Å². The van der Waals surface area contributed by atoms with E-state index in [0.29, 0.717) is 0 Å². The Bertz CT molecular complexity index is 318. The second-order valence-electron chi connectivity index (χ2n) is 5.50. The van der Waals surface area contributed by atoms with Crippen molar-refractivity contribution in [2.75, 3.05) is 0 Å². The Kier molecular flexibility index (Phi) is 33.8. The van der Waals surface area contributed by atoms with Crippen LogP contribution in [0.4, 0.5) is 0 Å². The first-order valence-corrected chi connectivity index (χ1v) is 12.2. The monoisotopic (exact) mass is 548 g/mol. The molecule has 0 aliphatic rings. The number of carbonyl (C=O) groups excluding carboxylic acids is 3. The molecule has 3 atom stereocenters. The van der Waals surface area contributed by atoms with Crippen LogP contribution in [-0.2, 0) is 14.4 Å². The van der Waals surface area contributed by atoms with Crippen LogP contribution in [0.1, 0.15) is 66.2 Å². The summed E-state index contributed by atoms with van der Waals surface area (Å²) in [6.45, 7) is 6.60. The van der Waals surface area contributed by atoms with E-state index >= 15 is 0 Å². The SMILES string of the molecule is CC(S)C(=O)[O-].CC(S)C(=O)[O-].CC(S)C(=O)[O-].CCCCCCC[CH2][Sn+3]. The molecule has 0 aromatic heterocycles. The van der Waals surface area contributed by atoms with Gasteiger partial charge in [0.25, 0.3) is 0 Å². The predicted octanol–water partition coefficient (Wildman–Crippen LogP) is 0.0975. The van der Waals surface area contributed by atoms with E-state index in [1.165, 1.54) is 63.7 Å². The summed E-state index contributed by atoms with van der Waals surface area (Å²) in [5, 5.41) is 26.6. The predicted molar refractivity (Wildman–Crippen MR) is 114 cm³/mol. The van der Waals surface area contributed by atoms with E-state index in [0.717, 1.165) is 0 Å². The van der Waals surface area contributed by atoms with Crippen molar-refractivity contribution in [3.05, 3.63) is 0 Å². The van der Waals surface area contributed by atoms with Crippen LogP contribution in [-0.4, -0.2) is 56.2 Å². The molecule has 0 heterocycles. The van der Waals surface area contributed by atoms with Gasteiger partial charge in [0.15, 0.2) is 0 Å². The van der Waals surface area contributed by atoms with Crippen molar-refractivity contribution in [1.29, 1.82) is 0 Å². The minimum absolute atomic E-state index is 0.648. The molecule has 0 bridgehead atoms. The van der Waals surface area contributed by atoms with Crippen LogP contribution in [0.2, 0.25) is 4.44 Å². The number of hydrogen-bond acceptors (Lipinski definition) is 9. The molecule has 0 spiro atoms. The van der Waals surface area contributed by atoms with Crippen molar-refractivity contribution in [2.24, 2.45) is 0 Å². The van der Waals surface area contributed by atoms with E-state index in [1.807, 2.05) is 0 Å². The first-order chi connectivity index (χ1) is 12.3. The summed E-state index contributed by atoms with van der Waals surface area (Å²) < 4.78 is 1.46. The number of carboxylic acid groups (broad SMARTS) is 3. The summed E-state index contributed by atoms with van der Waals surface area (Å²) in [4.78, 5) is 28.5. The van der Waals surface area contributed by atoms with Crippen LogP contribution in [0.3, 0.4) is 0 Å². The molecule has 158 valence electrons. The average Bonchev–Trinajstić information content (AvgIpc) is 2.56.